The van der Waals surface area contributed by atoms with E-state index in [0.717, 1.165) is 30.8 Å². The molecule has 0 saturated carbocycles. The van der Waals surface area contributed by atoms with Crippen LogP contribution in [0.2, 0.25) is 0 Å². The van der Waals surface area contributed by atoms with Gasteiger partial charge in [0.2, 0.25) is 0 Å². The number of anilines is 2. The van der Waals surface area contributed by atoms with Crippen molar-refractivity contribution in [2.24, 2.45) is 0 Å². The van der Waals surface area contributed by atoms with Gasteiger partial charge in [-0.1, -0.05) is 6.07 Å². The van der Waals surface area contributed by atoms with E-state index < -0.39 is 5.60 Å². The molecule has 2 aromatic rings. The Hall–Kier alpha value is -2.54. The minimum Gasteiger partial charge on any atom is -0.369 e. The average Bonchev–Trinajstić information content (AvgIpc) is 2.67. The highest BCUT2D eigenvalue weighted by atomic mass is 16.5. The standard InChI is InChI=1S/C20H27N5O2/c1-14-22-15(13-18(23-14)24-17-10-5-7-11-21-17)16-9-6-8-12-25(16)19(26)20(2,3)27-4/h5,7,10-11,13,16H,6,8-9,12H2,1-4H3,(H,21,22,23,24). The summed E-state index contributed by atoms with van der Waals surface area (Å²) in [6.45, 7) is 6.18. The molecule has 3 heterocycles. The lowest BCUT2D eigenvalue weighted by Crippen LogP contribution is -2.49. The Kier molecular flexibility index (Phi) is 5.70. The molecule has 0 radical (unpaired) electrons. The fraction of sp³-hybridized carbons (Fsp3) is 0.500. The molecule has 0 bridgehead atoms. The summed E-state index contributed by atoms with van der Waals surface area (Å²) in [5, 5.41) is 3.22. The number of likely N-dealkylation sites (tertiary alicyclic amines) is 1. The molecule has 1 aliphatic heterocycles. The molecule has 0 spiro atoms. The second kappa shape index (κ2) is 8.00. The molecular weight excluding hydrogens is 342 g/mol. The maximum Gasteiger partial charge on any atom is 0.254 e. The van der Waals surface area contributed by atoms with E-state index >= 15 is 0 Å². The lowest BCUT2D eigenvalue weighted by molar-refractivity contribution is -0.155. The number of amides is 1. The van der Waals surface area contributed by atoms with Gasteiger partial charge in [-0.3, -0.25) is 4.79 Å². The van der Waals surface area contributed by atoms with Crippen LogP contribution in [0, 0.1) is 6.92 Å². The Bertz CT molecular complexity index is 794. The van der Waals surface area contributed by atoms with E-state index in [4.69, 9.17) is 4.74 Å². The first-order chi connectivity index (χ1) is 12.9. The first-order valence-electron chi connectivity index (χ1n) is 9.30. The van der Waals surface area contributed by atoms with Crippen molar-refractivity contribution in [2.45, 2.75) is 51.7 Å². The molecule has 7 nitrogen and oxygen atoms in total. The molecular formula is C20H27N5O2. The fourth-order valence-electron chi connectivity index (χ4n) is 3.31. The van der Waals surface area contributed by atoms with Gasteiger partial charge in [0.25, 0.3) is 5.91 Å². The first kappa shape index (κ1) is 19.2. The zero-order valence-corrected chi connectivity index (χ0v) is 16.4. The van der Waals surface area contributed by atoms with Gasteiger partial charge in [-0.2, -0.15) is 0 Å². The highest BCUT2D eigenvalue weighted by Gasteiger charge is 2.37. The van der Waals surface area contributed by atoms with Crippen molar-refractivity contribution in [2.75, 3.05) is 19.0 Å². The average molecular weight is 369 g/mol. The lowest BCUT2D eigenvalue weighted by atomic mass is 9.96. The van der Waals surface area contributed by atoms with Crippen LogP contribution in [0.1, 0.15) is 50.7 Å². The number of hydrogen-bond donors (Lipinski definition) is 1. The largest absolute Gasteiger partial charge is 0.369 e. The Labute approximate surface area is 160 Å². The summed E-state index contributed by atoms with van der Waals surface area (Å²) in [5.41, 5.74) is -0.00642. The van der Waals surface area contributed by atoms with Crippen molar-refractivity contribution >= 4 is 17.5 Å². The number of aromatic nitrogens is 3. The molecule has 3 rings (SSSR count). The smallest absolute Gasteiger partial charge is 0.254 e. The lowest BCUT2D eigenvalue weighted by Gasteiger charge is -2.39. The van der Waals surface area contributed by atoms with Crippen LogP contribution in [0.4, 0.5) is 11.6 Å². The number of carbonyl (C=O) groups excluding carboxylic acids is 1. The number of methoxy groups -OCH3 is 1. The maximum absolute atomic E-state index is 13.0. The number of carbonyl (C=O) groups is 1. The predicted octanol–water partition coefficient (Wildman–Crippen LogP) is 3.40. The van der Waals surface area contributed by atoms with Crippen LogP contribution >= 0.6 is 0 Å². The van der Waals surface area contributed by atoms with E-state index in [1.165, 1.54) is 0 Å². The van der Waals surface area contributed by atoms with Crippen molar-refractivity contribution in [1.29, 1.82) is 0 Å². The molecule has 1 aliphatic rings. The topological polar surface area (TPSA) is 80.2 Å². The number of pyridine rings is 1. The zero-order chi connectivity index (χ0) is 19.4. The fourth-order valence-corrected chi connectivity index (χ4v) is 3.31. The van der Waals surface area contributed by atoms with E-state index in [1.807, 2.05) is 36.1 Å². The zero-order valence-electron chi connectivity index (χ0n) is 16.4. The molecule has 0 aromatic carbocycles. The Morgan fingerprint density at radius 3 is 2.78 bits per heavy atom. The van der Waals surface area contributed by atoms with Crippen molar-refractivity contribution in [3.8, 4) is 0 Å². The van der Waals surface area contributed by atoms with Gasteiger partial charge in [0.15, 0.2) is 0 Å². The number of ether oxygens (including phenoxy) is 1. The third-order valence-electron chi connectivity index (χ3n) is 4.91. The third-order valence-corrected chi connectivity index (χ3v) is 4.91. The van der Waals surface area contributed by atoms with Crippen LogP contribution in [0.15, 0.2) is 30.5 Å². The Balaban J connectivity index is 1.90. The molecule has 1 atom stereocenters. The van der Waals surface area contributed by atoms with E-state index in [9.17, 15) is 4.79 Å². The quantitative estimate of drug-likeness (QED) is 0.870. The summed E-state index contributed by atoms with van der Waals surface area (Å²) in [4.78, 5) is 28.3. The number of aryl methyl sites for hydroxylation is 1. The monoisotopic (exact) mass is 369 g/mol. The molecule has 7 heteroatoms. The van der Waals surface area contributed by atoms with Crippen LogP contribution in [0.3, 0.4) is 0 Å². The number of hydrogen-bond acceptors (Lipinski definition) is 6. The van der Waals surface area contributed by atoms with Gasteiger partial charge in [0.1, 0.15) is 23.1 Å². The predicted molar refractivity (Wildman–Crippen MR) is 104 cm³/mol. The summed E-state index contributed by atoms with van der Waals surface area (Å²) < 4.78 is 5.42. The summed E-state index contributed by atoms with van der Waals surface area (Å²) in [5.74, 6) is 2.05. The first-order valence-corrected chi connectivity index (χ1v) is 9.30. The molecule has 1 unspecified atom stereocenters. The van der Waals surface area contributed by atoms with Crippen molar-refractivity contribution in [3.63, 3.8) is 0 Å². The number of nitrogens with zero attached hydrogens (tertiary/aromatic N) is 4. The van der Waals surface area contributed by atoms with Gasteiger partial charge in [-0.15, -0.1) is 0 Å². The summed E-state index contributed by atoms with van der Waals surface area (Å²) >= 11 is 0. The van der Waals surface area contributed by atoms with E-state index in [0.29, 0.717) is 18.2 Å². The molecule has 1 N–H and O–H groups in total. The van der Waals surface area contributed by atoms with Crippen LogP contribution in [-0.2, 0) is 9.53 Å². The maximum atomic E-state index is 13.0. The van der Waals surface area contributed by atoms with Gasteiger partial charge in [0, 0.05) is 25.9 Å². The molecule has 144 valence electrons. The highest BCUT2D eigenvalue weighted by Crippen LogP contribution is 2.33. The molecule has 1 saturated heterocycles. The Morgan fingerprint density at radius 2 is 2.07 bits per heavy atom. The Morgan fingerprint density at radius 1 is 1.26 bits per heavy atom. The molecule has 27 heavy (non-hydrogen) atoms. The molecule has 1 fully saturated rings. The number of nitrogens with one attached hydrogen (secondary N) is 1. The second-order valence-corrected chi connectivity index (χ2v) is 7.29. The van der Waals surface area contributed by atoms with Gasteiger partial charge in [-0.25, -0.2) is 15.0 Å². The SMILES string of the molecule is COC(C)(C)C(=O)N1CCCCC1c1cc(Nc2ccccn2)nc(C)n1. The summed E-state index contributed by atoms with van der Waals surface area (Å²) in [7, 11) is 1.57. The van der Waals surface area contributed by atoms with E-state index in [2.05, 4.69) is 20.3 Å². The molecule has 2 aromatic heterocycles. The van der Waals surface area contributed by atoms with Crippen LogP contribution in [0.5, 0.6) is 0 Å². The van der Waals surface area contributed by atoms with Crippen molar-refractivity contribution in [1.82, 2.24) is 19.9 Å². The number of rotatable bonds is 5. The summed E-state index contributed by atoms with van der Waals surface area (Å²) in [6.07, 6.45) is 4.66. The van der Waals surface area contributed by atoms with Crippen LogP contribution in [-0.4, -0.2) is 45.0 Å². The summed E-state index contributed by atoms with van der Waals surface area (Å²) in [6, 6.07) is 7.50. The second-order valence-electron chi connectivity index (χ2n) is 7.29. The highest BCUT2D eigenvalue weighted by molar-refractivity contribution is 5.85. The van der Waals surface area contributed by atoms with Gasteiger partial charge >= 0.3 is 0 Å². The third kappa shape index (κ3) is 4.42. The minimum atomic E-state index is -0.854. The van der Waals surface area contributed by atoms with Gasteiger partial charge in [-0.05, 0) is 52.2 Å². The van der Waals surface area contributed by atoms with Crippen molar-refractivity contribution in [3.05, 3.63) is 42.0 Å². The van der Waals surface area contributed by atoms with E-state index in [-0.39, 0.29) is 11.9 Å². The van der Waals surface area contributed by atoms with Crippen LogP contribution < -0.4 is 5.32 Å². The normalized spacial score (nSPS) is 17.6. The molecule has 1 amide bonds. The van der Waals surface area contributed by atoms with Gasteiger partial charge in [0.05, 0.1) is 11.7 Å². The van der Waals surface area contributed by atoms with Crippen molar-refractivity contribution < 1.29 is 9.53 Å². The number of piperidine rings is 1. The van der Waals surface area contributed by atoms with Crippen LogP contribution in [0.25, 0.3) is 0 Å². The molecule has 0 aliphatic carbocycles. The van der Waals surface area contributed by atoms with Gasteiger partial charge < -0.3 is 15.0 Å². The minimum absolute atomic E-state index is 0.00907. The van der Waals surface area contributed by atoms with E-state index in [1.54, 1.807) is 27.2 Å².